The fraction of sp³-hybridized carbons (Fsp3) is 0.250. The van der Waals surface area contributed by atoms with Gasteiger partial charge in [0.25, 0.3) is 0 Å². The number of nitrogens with one attached hydrogen (secondary N) is 1. The number of rotatable bonds is 6. The Labute approximate surface area is 145 Å². The van der Waals surface area contributed by atoms with Gasteiger partial charge in [-0.1, -0.05) is 29.8 Å². The average molecular weight is 375 g/mol. The SMILES string of the molecule is CN(C)C(CNS(=O)(=O)c1cc(F)ccc1F)c1ccccc1Cl. The molecular weight excluding hydrogens is 358 g/mol. The first-order valence-corrected chi connectivity index (χ1v) is 8.94. The molecule has 0 bridgehead atoms. The zero-order valence-electron chi connectivity index (χ0n) is 13.1. The van der Waals surface area contributed by atoms with Crippen LogP contribution in [0.2, 0.25) is 5.02 Å². The minimum atomic E-state index is -4.20. The van der Waals surface area contributed by atoms with Crippen molar-refractivity contribution in [1.29, 1.82) is 0 Å². The lowest BCUT2D eigenvalue weighted by atomic mass is 10.1. The van der Waals surface area contributed by atoms with Crippen molar-refractivity contribution in [3.63, 3.8) is 0 Å². The van der Waals surface area contributed by atoms with E-state index in [0.717, 1.165) is 17.7 Å². The largest absolute Gasteiger partial charge is 0.301 e. The van der Waals surface area contributed by atoms with Crippen molar-refractivity contribution in [3.05, 3.63) is 64.7 Å². The van der Waals surface area contributed by atoms with E-state index in [1.807, 2.05) is 0 Å². The summed E-state index contributed by atoms with van der Waals surface area (Å²) < 4.78 is 53.8. The van der Waals surface area contributed by atoms with Gasteiger partial charge in [0.1, 0.15) is 16.5 Å². The summed E-state index contributed by atoms with van der Waals surface area (Å²) in [6, 6.07) is 8.96. The number of nitrogens with zero attached hydrogens (tertiary/aromatic N) is 1. The van der Waals surface area contributed by atoms with Crippen LogP contribution in [0.15, 0.2) is 47.4 Å². The van der Waals surface area contributed by atoms with Gasteiger partial charge < -0.3 is 4.90 Å². The molecule has 2 rings (SSSR count). The molecule has 1 N–H and O–H groups in total. The molecule has 0 heterocycles. The van der Waals surface area contributed by atoms with E-state index in [1.54, 1.807) is 43.3 Å². The molecule has 1 atom stereocenters. The molecule has 0 aliphatic carbocycles. The summed E-state index contributed by atoms with van der Waals surface area (Å²) in [5.41, 5.74) is 0.728. The van der Waals surface area contributed by atoms with E-state index < -0.39 is 26.6 Å². The summed E-state index contributed by atoms with van der Waals surface area (Å²) in [5.74, 6) is -1.84. The maximum Gasteiger partial charge on any atom is 0.243 e. The molecule has 2 aromatic rings. The van der Waals surface area contributed by atoms with Gasteiger partial charge in [-0.25, -0.2) is 21.9 Å². The molecule has 0 spiro atoms. The van der Waals surface area contributed by atoms with E-state index in [2.05, 4.69) is 4.72 Å². The zero-order chi connectivity index (χ0) is 17.9. The normalized spacial score (nSPS) is 13.2. The first kappa shape index (κ1) is 18.8. The second-order valence-corrected chi connectivity index (χ2v) is 7.57. The van der Waals surface area contributed by atoms with E-state index in [9.17, 15) is 17.2 Å². The number of hydrogen-bond acceptors (Lipinski definition) is 3. The summed E-state index contributed by atoms with van der Waals surface area (Å²) >= 11 is 6.16. The molecule has 0 aliphatic rings. The average Bonchev–Trinajstić information content (AvgIpc) is 2.51. The predicted octanol–water partition coefficient (Wildman–Crippen LogP) is 3.20. The van der Waals surface area contributed by atoms with Crippen LogP contribution in [0.4, 0.5) is 8.78 Å². The molecule has 0 radical (unpaired) electrons. The number of hydrogen-bond donors (Lipinski definition) is 1. The van der Waals surface area contributed by atoms with Crippen LogP contribution in [0.1, 0.15) is 11.6 Å². The van der Waals surface area contributed by atoms with Crippen LogP contribution in [-0.4, -0.2) is 34.0 Å². The fourth-order valence-corrected chi connectivity index (χ4v) is 3.65. The molecule has 0 fully saturated rings. The summed E-state index contributed by atoms with van der Waals surface area (Å²) in [6.07, 6.45) is 0. The second-order valence-electron chi connectivity index (χ2n) is 5.43. The van der Waals surface area contributed by atoms with Crippen molar-refractivity contribution >= 4 is 21.6 Å². The van der Waals surface area contributed by atoms with Gasteiger partial charge in [-0.2, -0.15) is 0 Å². The Morgan fingerprint density at radius 3 is 2.46 bits per heavy atom. The molecule has 0 saturated heterocycles. The van der Waals surface area contributed by atoms with Crippen molar-refractivity contribution < 1.29 is 17.2 Å². The molecule has 2 aromatic carbocycles. The van der Waals surface area contributed by atoms with Gasteiger partial charge in [0.15, 0.2) is 0 Å². The number of likely N-dealkylation sites (N-methyl/N-ethyl adjacent to an activating group) is 1. The van der Waals surface area contributed by atoms with E-state index in [1.165, 1.54) is 0 Å². The van der Waals surface area contributed by atoms with Gasteiger partial charge in [0.05, 0.1) is 0 Å². The van der Waals surface area contributed by atoms with E-state index in [0.29, 0.717) is 11.1 Å². The highest BCUT2D eigenvalue weighted by atomic mass is 35.5. The summed E-state index contributed by atoms with van der Waals surface area (Å²) in [5, 5.41) is 0.493. The number of halogens is 3. The van der Waals surface area contributed by atoms with Crippen molar-refractivity contribution in [2.24, 2.45) is 0 Å². The molecule has 1 unspecified atom stereocenters. The third-order valence-electron chi connectivity index (χ3n) is 3.54. The van der Waals surface area contributed by atoms with E-state index >= 15 is 0 Å². The van der Waals surface area contributed by atoms with Crippen LogP contribution in [0.5, 0.6) is 0 Å². The van der Waals surface area contributed by atoms with E-state index in [4.69, 9.17) is 11.6 Å². The number of sulfonamides is 1. The Bertz CT molecular complexity index is 829. The Balaban J connectivity index is 2.26. The highest BCUT2D eigenvalue weighted by molar-refractivity contribution is 7.89. The lowest BCUT2D eigenvalue weighted by molar-refractivity contribution is 0.299. The van der Waals surface area contributed by atoms with Crippen LogP contribution >= 0.6 is 11.6 Å². The van der Waals surface area contributed by atoms with Gasteiger partial charge in [0.2, 0.25) is 10.0 Å². The zero-order valence-corrected chi connectivity index (χ0v) is 14.7. The van der Waals surface area contributed by atoms with Gasteiger partial charge >= 0.3 is 0 Å². The molecule has 0 aromatic heterocycles. The summed E-state index contributed by atoms with van der Waals surface area (Å²) in [7, 11) is -0.660. The first-order valence-electron chi connectivity index (χ1n) is 7.08. The third-order valence-corrected chi connectivity index (χ3v) is 5.32. The third kappa shape index (κ3) is 4.30. The van der Waals surface area contributed by atoms with Gasteiger partial charge in [-0.3, -0.25) is 0 Å². The van der Waals surface area contributed by atoms with Crippen molar-refractivity contribution in [1.82, 2.24) is 9.62 Å². The Morgan fingerprint density at radius 1 is 1.17 bits per heavy atom. The standard InChI is InChI=1S/C16H17ClF2N2O2S/c1-21(2)15(12-5-3-4-6-13(12)17)10-20-24(22,23)16-9-11(18)7-8-14(16)19/h3-9,15,20H,10H2,1-2H3. The van der Waals surface area contributed by atoms with Crippen molar-refractivity contribution in [2.75, 3.05) is 20.6 Å². The van der Waals surface area contributed by atoms with Crippen LogP contribution in [0.25, 0.3) is 0 Å². The highest BCUT2D eigenvalue weighted by Gasteiger charge is 2.23. The van der Waals surface area contributed by atoms with Crippen molar-refractivity contribution in [2.45, 2.75) is 10.9 Å². The van der Waals surface area contributed by atoms with Gasteiger partial charge in [0, 0.05) is 17.6 Å². The maximum atomic E-state index is 13.7. The smallest absolute Gasteiger partial charge is 0.243 e. The lowest BCUT2D eigenvalue weighted by Crippen LogP contribution is -2.35. The van der Waals surface area contributed by atoms with Crippen LogP contribution in [-0.2, 0) is 10.0 Å². The quantitative estimate of drug-likeness (QED) is 0.844. The molecule has 130 valence electrons. The van der Waals surface area contributed by atoms with Crippen molar-refractivity contribution in [3.8, 4) is 0 Å². The molecule has 8 heteroatoms. The first-order chi connectivity index (χ1) is 11.2. The summed E-state index contributed by atoms with van der Waals surface area (Å²) in [6.45, 7) is -0.0466. The molecule has 4 nitrogen and oxygen atoms in total. The van der Waals surface area contributed by atoms with Crippen LogP contribution < -0.4 is 4.72 Å². The Hall–Kier alpha value is -1.54. The molecular formula is C16H17ClF2N2O2S. The summed E-state index contributed by atoms with van der Waals surface area (Å²) in [4.78, 5) is 1.06. The molecule has 0 aliphatic heterocycles. The lowest BCUT2D eigenvalue weighted by Gasteiger charge is -2.26. The molecule has 0 amide bonds. The van der Waals surface area contributed by atoms with Gasteiger partial charge in [-0.15, -0.1) is 0 Å². The van der Waals surface area contributed by atoms with Crippen LogP contribution in [0, 0.1) is 11.6 Å². The van der Waals surface area contributed by atoms with Crippen LogP contribution in [0.3, 0.4) is 0 Å². The minimum absolute atomic E-state index is 0.0466. The maximum absolute atomic E-state index is 13.7. The topological polar surface area (TPSA) is 49.4 Å². The van der Waals surface area contributed by atoms with Gasteiger partial charge in [-0.05, 0) is 43.9 Å². The molecule has 24 heavy (non-hydrogen) atoms. The minimum Gasteiger partial charge on any atom is -0.301 e. The Kier molecular flexibility index (Phi) is 5.92. The Morgan fingerprint density at radius 2 is 1.83 bits per heavy atom. The number of benzene rings is 2. The van der Waals surface area contributed by atoms with E-state index in [-0.39, 0.29) is 12.6 Å². The molecule has 0 saturated carbocycles. The second kappa shape index (κ2) is 7.57. The monoisotopic (exact) mass is 374 g/mol. The fourth-order valence-electron chi connectivity index (χ4n) is 2.27. The predicted molar refractivity (Wildman–Crippen MR) is 89.4 cm³/mol. The highest BCUT2D eigenvalue weighted by Crippen LogP contribution is 2.26.